The van der Waals surface area contributed by atoms with E-state index in [0.717, 1.165) is 18.4 Å². The Kier molecular flexibility index (Phi) is 6.57. The normalized spacial score (nSPS) is 10.5. The molecule has 1 aromatic heterocycles. The lowest BCUT2D eigenvalue weighted by molar-refractivity contribution is 0.0499. The second kappa shape index (κ2) is 9.50. The minimum Gasteiger partial charge on any atom is -0.462 e. The molecule has 28 heavy (non-hydrogen) atoms. The van der Waals surface area contributed by atoms with Gasteiger partial charge in [0.15, 0.2) is 0 Å². The lowest BCUT2D eigenvalue weighted by Crippen LogP contribution is -2.12. The molecule has 0 atom stereocenters. The second-order valence-corrected chi connectivity index (χ2v) is 6.45. The quantitative estimate of drug-likeness (QED) is 0.473. The van der Waals surface area contributed by atoms with Crippen LogP contribution in [0.25, 0.3) is 0 Å². The van der Waals surface area contributed by atoms with E-state index in [9.17, 15) is 9.59 Å². The van der Waals surface area contributed by atoms with Gasteiger partial charge in [0.1, 0.15) is 0 Å². The minimum absolute atomic E-state index is 0.201. The Hall–Kier alpha value is -3.41. The van der Waals surface area contributed by atoms with E-state index < -0.39 is 0 Å². The van der Waals surface area contributed by atoms with E-state index in [1.54, 1.807) is 48.9 Å². The zero-order chi connectivity index (χ0) is 19.8. The monoisotopic (exact) mass is 377 g/mol. The van der Waals surface area contributed by atoms with Gasteiger partial charge in [-0.2, -0.15) is 0 Å². The van der Waals surface area contributed by atoms with Crippen LogP contribution >= 0.6 is 0 Å². The van der Waals surface area contributed by atoms with E-state index in [2.05, 4.69) is 10.3 Å². The molecule has 0 saturated carbocycles. The first-order valence-corrected chi connectivity index (χ1v) is 9.29. The van der Waals surface area contributed by atoms with Crippen molar-refractivity contribution in [2.24, 2.45) is 0 Å². The van der Waals surface area contributed by atoms with Crippen molar-refractivity contribution in [3.05, 3.63) is 83.9 Å². The molecule has 0 spiro atoms. The number of anilines is 1. The molecule has 0 bridgehead atoms. The fourth-order valence-electron chi connectivity index (χ4n) is 2.64. The van der Waals surface area contributed by atoms with Crippen molar-refractivity contribution in [1.29, 1.82) is 0 Å². The summed E-state index contributed by atoms with van der Waals surface area (Å²) in [6, 6.07) is 14.1. The smallest absolute Gasteiger partial charge is 0.338 e. The van der Waals surface area contributed by atoms with Crippen molar-refractivity contribution in [3.63, 3.8) is 0 Å². The molecule has 0 aliphatic carbocycles. The Morgan fingerprint density at radius 1 is 1.04 bits per heavy atom. The molecule has 1 N–H and O–H groups in total. The number of amides is 1. The van der Waals surface area contributed by atoms with E-state index >= 15 is 0 Å². The van der Waals surface area contributed by atoms with Gasteiger partial charge in [-0.3, -0.25) is 4.79 Å². The van der Waals surface area contributed by atoms with Crippen LogP contribution in [0.15, 0.2) is 67.3 Å². The molecular weight excluding hydrogens is 354 g/mol. The number of nitrogens with one attached hydrogen (secondary N) is 1. The van der Waals surface area contributed by atoms with Crippen molar-refractivity contribution >= 4 is 17.6 Å². The number of hydrogen-bond acceptors (Lipinski definition) is 4. The third-order valence-corrected chi connectivity index (χ3v) is 4.25. The molecule has 2 aromatic carbocycles. The zero-order valence-corrected chi connectivity index (χ0v) is 15.8. The maximum atomic E-state index is 12.4. The summed E-state index contributed by atoms with van der Waals surface area (Å²) in [5, 5.41) is 2.84. The summed E-state index contributed by atoms with van der Waals surface area (Å²) in [4.78, 5) is 28.3. The number of carbonyl (C=O) groups excluding carboxylic acids is 2. The van der Waals surface area contributed by atoms with Gasteiger partial charge < -0.3 is 14.6 Å². The fourth-order valence-corrected chi connectivity index (χ4v) is 2.64. The van der Waals surface area contributed by atoms with Gasteiger partial charge in [-0.1, -0.05) is 25.5 Å². The summed E-state index contributed by atoms with van der Waals surface area (Å²) in [7, 11) is 0. The standard InChI is InChI=1S/C22H23N3O3/c1-2-3-14-28-22(27)19-8-10-20(11-9-19)24-21(26)18-6-4-17(5-7-18)15-25-13-12-23-16-25/h4-13,16H,2-3,14-15H2,1H3,(H,24,26). The molecule has 3 rings (SSSR count). The number of carbonyl (C=O) groups is 2. The van der Waals surface area contributed by atoms with E-state index in [4.69, 9.17) is 4.74 Å². The van der Waals surface area contributed by atoms with Gasteiger partial charge in [0.05, 0.1) is 18.5 Å². The van der Waals surface area contributed by atoms with E-state index in [1.807, 2.05) is 29.8 Å². The number of aromatic nitrogens is 2. The van der Waals surface area contributed by atoms with Crippen LogP contribution in [0.1, 0.15) is 46.0 Å². The molecule has 6 heteroatoms. The van der Waals surface area contributed by atoms with Crippen molar-refractivity contribution in [3.8, 4) is 0 Å². The Balaban J connectivity index is 1.56. The number of nitrogens with zero attached hydrogens (tertiary/aromatic N) is 2. The first-order chi connectivity index (χ1) is 13.7. The molecule has 3 aromatic rings. The van der Waals surface area contributed by atoms with Gasteiger partial charge in [0.25, 0.3) is 5.91 Å². The first kappa shape index (κ1) is 19.4. The van der Waals surface area contributed by atoms with Gasteiger partial charge in [0.2, 0.25) is 0 Å². The number of unbranched alkanes of at least 4 members (excludes halogenated alkanes) is 1. The van der Waals surface area contributed by atoms with Gasteiger partial charge in [-0.25, -0.2) is 9.78 Å². The molecule has 144 valence electrons. The summed E-state index contributed by atoms with van der Waals surface area (Å²) in [6.07, 6.45) is 7.20. The summed E-state index contributed by atoms with van der Waals surface area (Å²) < 4.78 is 7.14. The third kappa shape index (κ3) is 5.30. The lowest BCUT2D eigenvalue weighted by atomic mass is 10.1. The van der Waals surface area contributed by atoms with Gasteiger partial charge >= 0.3 is 5.97 Å². The van der Waals surface area contributed by atoms with Crippen LogP contribution < -0.4 is 5.32 Å². The maximum Gasteiger partial charge on any atom is 0.338 e. The third-order valence-electron chi connectivity index (χ3n) is 4.25. The van der Waals surface area contributed by atoms with Crippen LogP contribution in [0.3, 0.4) is 0 Å². The molecule has 0 aliphatic rings. The largest absolute Gasteiger partial charge is 0.462 e. The van der Waals surface area contributed by atoms with Crippen LogP contribution in [0.2, 0.25) is 0 Å². The van der Waals surface area contributed by atoms with Crippen LogP contribution in [0.5, 0.6) is 0 Å². The van der Waals surface area contributed by atoms with Crippen LogP contribution in [0.4, 0.5) is 5.69 Å². The van der Waals surface area contributed by atoms with Gasteiger partial charge in [-0.05, 0) is 48.4 Å². The molecule has 6 nitrogen and oxygen atoms in total. The predicted octanol–water partition coefficient (Wildman–Crippen LogP) is 4.14. The van der Waals surface area contributed by atoms with Gasteiger partial charge in [-0.15, -0.1) is 0 Å². The molecule has 1 heterocycles. The summed E-state index contributed by atoms with van der Waals surface area (Å²) >= 11 is 0. The molecular formula is C22H23N3O3. The topological polar surface area (TPSA) is 73.2 Å². The molecule has 1 amide bonds. The Bertz CT molecular complexity index is 901. The SMILES string of the molecule is CCCCOC(=O)c1ccc(NC(=O)c2ccc(Cn3ccnc3)cc2)cc1. The molecule has 0 saturated heterocycles. The zero-order valence-electron chi connectivity index (χ0n) is 15.8. The second-order valence-electron chi connectivity index (χ2n) is 6.45. The summed E-state index contributed by atoms with van der Waals surface area (Å²) in [6.45, 7) is 3.17. The predicted molar refractivity (Wildman–Crippen MR) is 107 cm³/mol. The van der Waals surface area contributed by atoms with Gasteiger partial charge in [0, 0.05) is 30.2 Å². The van der Waals surface area contributed by atoms with E-state index in [-0.39, 0.29) is 11.9 Å². The molecule has 0 fully saturated rings. The van der Waals surface area contributed by atoms with Crippen molar-refractivity contribution in [2.75, 3.05) is 11.9 Å². The number of esters is 1. The van der Waals surface area contributed by atoms with Crippen molar-refractivity contribution in [1.82, 2.24) is 9.55 Å². The molecule has 0 aliphatic heterocycles. The van der Waals surface area contributed by atoms with Crippen LogP contribution in [-0.4, -0.2) is 28.0 Å². The number of rotatable bonds is 8. The minimum atomic E-state index is -0.347. The highest BCUT2D eigenvalue weighted by molar-refractivity contribution is 6.04. The van der Waals surface area contributed by atoms with Crippen LogP contribution in [0, 0.1) is 0 Å². The first-order valence-electron chi connectivity index (χ1n) is 9.29. The van der Waals surface area contributed by atoms with Crippen LogP contribution in [-0.2, 0) is 11.3 Å². The lowest BCUT2D eigenvalue weighted by Gasteiger charge is -2.08. The number of hydrogen-bond donors (Lipinski definition) is 1. The fraction of sp³-hybridized carbons (Fsp3) is 0.227. The Morgan fingerprint density at radius 2 is 1.75 bits per heavy atom. The Morgan fingerprint density at radius 3 is 2.39 bits per heavy atom. The average molecular weight is 377 g/mol. The highest BCUT2D eigenvalue weighted by Gasteiger charge is 2.09. The average Bonchev–Trinajstić information content (AvgIpc) is 3.22. The van der Waals surface area contributed by atoms with Crippen molar-refractivity contribution < 1.29 is 14.3 Å². The number of benzene rings is 2. The number of imidazole rings is 1. The molecule has 0 radical (unpaired) electrons. The maximum absolute atomic E-state index is 12.4. The van der Waals surface area contributed by atoms with E-state index in [1.165, 1.54) is 0 Å². The molecule has 0 unspecified atom stereocenters. The van der Waals surface area contributed by atoms with Crippen molar-refractivity contribution in [2.45, 2.75) is 26.3 Å². The summed E-state index contributed by atoms with van der Waals surface area (Å²) in [5.41, 5.74) is 2.74. The number of ether oxygens (including phenoxy) is 1. The highest BCUT2D eigenvalue weighted by Crippen LogP contribution is 2.13. The summed E-state index contributed by atoms with van der Waals surface area (Å²) in [5.74, 6) is -0.549. The Labute approximate surface area is 164 Å². The highest BCUT2D eigenvalue weighted by atomic mass is 16.5. The van der Waals surface area contributed by atoms with E-state index in [0.29, 0.717) is 30.0 Å².